The largest absolute Gasteiger partial charge is 0.507 e. The third-order valence-electron chi connectivity index (χ3n) is 5.07. The Bertz CT molecular complexity index is 1170. The number of furan rings is 1. The molecule has 0 saturated carbocycles. The fourth-order valence-corrected chi connectivity index (χ4v) is 4.08. The molecule has 0 bridgehead atoms. The summed E-state index contributed by atoms with van der Waals surface area (Å²) in [5.41, 5.74) is 0.768. The molecule has 31 heavy (non-hydrogen) atoms. The van der Waals surface area contributed by atoms with Gasteiger partial charge in [0.15, 0.2) is 0 Å². The summed E-state index contributed by atoms with van der Waals surface area (Å²) in [6.07, 6.45) is 1.48. The van der Waals surface area contributed by atoms with Gasteiger partial charge >= 0.3 is 0 Å². The normalized spacial score (nSPS) is 17.9. The first-order valence-corrected chi connectivity index (χ1v) is 10.1. The van der Waals surface area contributed by atoms with Gasteiger partial charge in [-0.1, -0.05) is 29.3 Å². The van der Waals surface area contributed by atoms with Gasteiger partial charge in [0.25, 0.3) is 11.7 Å². The Hall–Kier alpha value is -3.22. The van der Waals surface area contributed by atoms with Crippen LogP contribution in [0.1, 0.15) is 22.9 Å². The zero-order valence-corrected chi connectivity index (χ0v) is 17.9. The Balaban J connectivity index is 1.88. The van der Waals surface area contributed by atoms with E-state index in [0.717, 1.165) is 0 Å². The lowest BCUT2D eigenvalue weighted by Gasteiger charge is -2.25. The Morgan fingerprint density at radius 2 is 1.87 bits per heavy atom. The van der Waals surface area contributed by atoms with Crippen LogP contribution in [0.2, 0.25) is 10.0 Å². The number of carbonyl (C=O) groups excluding carboxylic acids is 2. The van der Waals surface area contributed by atoms with Crippen LogP contribution in [-0.4, -0.2) is 28.8 Å². The molecule has 1 amide bonds. The van der Waals surface area contributed by atoms with E-state index >= 15 is 0 Å². The monoisotopic (exact) mass is 457 g/mol. The van der Waals surface area contributed by atoms with E-state index in [4.69, 9.17) is 32.4 Å². The van der Waals surface area contributed by atoms with Crippen molar-refractivity contribution < 1.29 is 23.8 Å². The number of nitrogens with zero attached hydrogens (tertiary/aromatic N) is 1. The Morgan fingerprint density at radius 3 is 2.48 bits per heavy atom. The summed E-state index contributed by atoms with van der Waals surface area (Å²) in [6, 6.07) is 13.8. The highest BCUT2D eigenvalue weighted by molar-refractivity contribution is 6.47. The van der Waals surface area contributed by atoms with E-state index in [2.05, 4.69) is 0 Å². The molecule has 0 spiro atoms. The van der Waals surface area contributed by atoms with Crippen LogP contribution in [0.15, 0.2) is 70.9 Å². The molecule has 1 unspecified atom stereocenters. The van der Waals surface area contributed by atoms with Gasteiger partial charge in [-0.05, 0) is 54.1 Å². The summed E-state index contributed by atoms with van der Waals surface area (Å²) in [4.78, 5) is 27.3. The van der Waals surface area contributed by atoms with Gasteiger partial charge in [0.1, 0.15) is 17.3 Å². The van der Waals surface area contributed by atoms with E-state index in [-0.39, 0.29) is 22.9 Å². The SMILES string of the molecule is COc1ccc(/C(O)=C2/C(=O)C(=O)N(Cc3ccco3)C2c2ccc(Cl)cc2Cl)cc1. The number of ether oxygens (including phenoxy) is 1. The number of hydrogen-bond donors (Lipinski definition) is 1. The van der Waals surface area contributed by atoms with Crippen molar-refractivity contribution in [2.45, 2.75) is 12.6 Å². The third kappa shape index (κ3) is 3.92. The second kappa shape index (κ2) is 8.49. The molecule has 1 saturated heterocycles. The number of benzene rings is 2. The zero-order chi connectivity index (χ0) is 22.1. The van der Waals surface area contributed by atoms with Gasteiger partial charge in [-0.2, -0.15) is 0 Å². The van der Waals surface area contributed by atoms with Crippen molar-refractivity contribution in [3.05, 3.63) is 93.4 Å². The van der Waals surface area contributed by atoms with E-state index in [1.165, 1.54) is 24.3 Å². The molecule has 1 aliphatic heterocycles. The molecule has 2 heterocycles. The Morgan fingerprint density at radius 1 is 1.13 bits per heavy atom. The number of methoxy groups -OCH3 is 1. The van der Waals surface area contributed by atoms with Crippen molar-refractivity contribution in [2.24, 2.45) is 0 Å². The Labute approximate surface area is 188 Å². The number of likely N-dealkylation sites (tertiary alicyclic amines) is 1. The van der Waals surface area contributed by atoms with Crippen LogP contribution in [0.5, 0.6) is 5.75 Å². The zero-order valence-electron chi connectivity index (χ0n) is 16.3. The minimum Gasteiger partial charge on any atom is -0.507 e. The van der Waals surface area contributed by atoms with Crippen molar-refractivity contribution in [1.82, 2.24) is 4.90 Å². The van der Waals surface area contributed by atoms with Gasteiger partial charge in [0, 0.05) is 15.6 Å². The van der Waals surface area contributed by atoms with Gasteiger partial charge in [-0.15, -0.1) is 0 Å². The lowest BCUT2D eigenvalue weighted by Crippen LogP contribution is -2.29. The predicted molar refractivity (Wildman–Crippen MR) is 116 cm³/mol. The molecule has 1 aromatic heterocycles. The fourth-order valence-electron chi connectivity index (χ4n) is 3.56. The van der Waals surface area contributed by atoms with E-state index < -0.39 is 17.7 Å². The van der Waals surface area contributed by atoms with Crippen molar-refractivity contribution in [1.29, 1.82) is 0 Å². The van der Waals surface area contributed by atoms with Crippen molar-refractivity contribution in [3.8, 4) is 5.75 Å². The second-order valence-corrected chi connectivity index (χ2v) is 7.74. The van der Waals surface area contributed by atoms with Gasteiger partial charge in [0.2, 0.25) is 0 Å². The number of hydrogen-bond acceptors (Lipinski definition) is 5. The molecule has 158 valence electrons. The van der Waals surface area contributed by atoms with E-state index in [1.807, 2.05) is 0 Å². The van der Waals surface area contributed by atoms with Gasteiger partial charge in [-0.3, -0.25) is 9.59 Å². The number of aliphatic hydroxyl groups excluding tert-OH is 1. The lowest BCUT2D eigenvalue weighted by atomic mass is 9.95. The van der Waals surface area contributed by atoms with Crippen molar-refractivity contribution in [3.63, 3.8) is 0 Å². The van der Waals surface area contributed by atoms with Gasteiger partial charge < -0.3 is 19.2 Å². The van der Waals surface area contributed by atoms with Crippen LogP contribution in [-0.2, 0) is 16.1 Å². The van der Waals surface area contributed by atoms with Crippen molar-refractivity contribution >= 4 is 40.7 Å². The quantitative estimate of drug-likeness (QED) is 0.322. The second-order valence-electron chi connectivity index (χ2n) is 6.90. The maximum absolute atomic E-state index is 13.0. The number of Topliss-reactive ketones (excluding diaryl/α,β-unsaturated/α-hetero) is 1. The van der Waals surface area contributed by atoms with Crippen LogP contribution in [0.4, 0.5) is 0 Å². The van der Waals surface area contributed by atoms with Crippen LogP contribution in [0.25, 0.3) is 5.76 Å². The molecule has 2 aromatic carbocycles. The first-order valence-electron chi connectivity index (χ1n) is 9.31. The molecule has 1 N–H and O–H groups in total. The van der Waals surface area contributed by atoms with Crippen LogP contribution in [0, 0.1) is 0 Å². The molecule has 6 nitrogen and oxygen atoms in total. The maximum atomic E-state index is 13.0. The molecular formula is C23H17Cl2NO5. The number of carbonyl (C=O) groups is 2. The molecule has 0 aliphatic carbocycles. The lowest BCUT2D eigenvalue weighted by molar-refractivity contribution is -0.140. The standard InChI is InChI=1S/C23H17Cl2NO5/c1-30-15-7-4-13(5-8-15)21(27)19-20(17-9-6-14(24)11-18(17)25)26(23(29)22(19)28)12-16-3-2-10-31-16/h2-11,20,27H,12H2,1H3/b21-19-. The molecule has 1 atom stereocenters. The minimum atomic E-state index is -0.919. The molecule has 3 aromatic rings. The highest BCUT2D eigenvalue weighted by atomic mass is 35.5. The van der Waals surface area contributed by atoms with Gasteiger partial charge in [-0.25, -0.2) is 0 Å². The minimum absolute atomic E-state index is 0.0284. The molecule has 8 heteroatoms. The summed E-state index contributed by atoms with van der Waals surface area (Å²) in [5.74, 6) is -0.800. The highest BCUT2D eigenvalue weighted by Gasteiger charge is 2.47. The topological polar surface area (TPSA) is 80.0 Å². The molecule has 4 rings (SSSR count). The predicted octanol–water partition coefficient (Wildman–Crippen LogP) is 5.22. The number of ketones is 1. The van der Waals surface area contributed by atoms with Gasteiger partial charge in [0.05, 0.1) is 31.5 Å². The summed E-state index contributed by atoms with van der Waals surface area (Å²) >= 11 is 12.5. The van der Waals surface area contributed by atoms with Crippen LogP contribution >= 0.6 is 23.2 Å². The highest BCUT2D eigenvalue weighted by Crippen LogP contribution is 2.43. The average molecular weight is 458 g/mol. The fraction of sp³-hybridized carbons (Fsp3) is 0.130. The number of halogens is 2. The Kier molecular flexibility index (Phi) is 5.76. The third-order valence-corrected chi connectivity index (χ3v) is 5.63. The van der Waals surface area contributed by atoms with E-state index in [0.29, 0.717) is 27.7 Å². The molecular weight excluding hydrogens is 441 g/mol. The number of amides is 1. The number of aliphatic hydroxyl groups is 1. The summed E-state index contributed by atoms with van der Waals surface area (Å²) in [6.45, 7) is 0.0284. The molecule has 0 radical (unpaired) electrons. The summed E-state index contributed by atoms with van der Waals surface area (Å²) in [5, 5.41) is 11.7. The van der Waals surface area contributed by atoms with Crippen molar-refractivity contribution in [2.75, 3.05) is 7.11 Å². The first-order chi connectivity index (χ1) is 14.9. The smallest absolute Gasteiger partial charge is 0.296 e. The maximum Gasteiger partial charge on any atom is 0.296 e. The van der Waals surface area contributed by atoms with Crippen LogP contribution in [0.3, 0.4) is 0 Å². The summed E-state index contributed by atoms with van der Waals surface area (Å²) in [7, 11) is 1.53. The molecule has 1 fully saturated rings. The van der Waals surface area contributed by atoms with E-state index in [1.54, 1.807) is 48.5 Å². The first kappa shape index (κ1) is 21.0. The number of rotatable bonds is 5. The summed E-state index contributed by atoms with van der Waals surface area (Å²) < 4.78 is 10.5. The van der Waals surface area contributed by atoms with Crippen LogP contribution < -0.4 is 4.74 Å². The van der Waals surface area contributed by atoms with E-state index in [9.17, 15) is 14.7 Å². The molecule has 1 aliphatic rings. The average Bonchev–Trinajstić information content (AvgIpc) is 3.36.